The molecule has 2 rings (SSSR count). The number of anilines is 1. The Morgan fingerprint density at radius 3 is 2.95 bits per heavy atom. The summed E-state index contributed by atoms with van der Waals surface area (Å²) in [6.45, 7) is 0.687. The van der Waals surface area contributed by atoms with Gasteiger partial charge in [0.1, 0.15) is 0 Å². The summed E-state index contributed by atoms with van der Waals surface area (Å²) in [5.41, 5.74) is 7.52. The van der Waals surface area contributed by atoms with E-state index in [0.29, 0.717) is 25.3 Å². The van der Waals surface area contributed by atoms with Gasteiger partial charge in [-0.25, -0.2) is 0 Å². The molecule has 1 aliphatic rings. The average molecular weight is 262 g/mol. The lowest BCUT2D eigenvalue weighted by Gasteiger charge is -2.11. The molecule has 1 aromatic carbocycles. The lowest BCUT2D eigenvalue weighted by atomic mass is 10.1. The van der Waals surface area contributed by atoms with Crippen molar-refractivity contribution >= 4 is 11.6 Å². The van der Waals surface area contributed by atoms with Crippen LogP contribution in [-0.4, -0.2) is 23.7 Å². The van der Waals surface area contributed by atoms with Crippen LogP contribution in [0.2, 0.25) is 0 Å². The highest BCUT2D eigenvalue weighted by molar-refractivity contribution is 5.76. The normalized spacial score (nSPS) is 22.4. The van der Waals surface area contributed by atoms with E-state index >= 15 is 0 Å². The molecular formula is C15H22N2O2. The molecule has 2 atom stereocenters. The Balaban J connectivity index is 1.67. The van der Waals surface area contributed by atoms with E-state index in [4.69, 9.17) is 5.73 Å². The number of hydrogen-bond donors (Lipinski definition) is 3. The zero-order chi connectivity index (χ0) is 13.7. The summed E-state index contributed by atoms with van der Waals surface area (Å²) >= 11 is 0. The molecule has 1 amide bonds. The number of carbonyl (C=O) groups excluding carboxylic acids is 1. The zero-order valence-corrected chi connectivity index (χ0v) is 11.1. The van der Waals surface area contributed by atoms with Crippen LogP contribution in [0.4, 0.5) is 5.69 Å². The van der Waals surface area contributed by atoms with Crippen molar-refractivity contribution in [2.75, 3.05) is 12.3 Å². The Hall–Kier alpha value is -1.55. The Bertz CT molecular complexity index is 434. The minimum absolute atomic E-state index is 0.0730. The van der Waals surface area contributed by atoms with Gasteiger partial charge in [0.2, 0.25) is 5.91 Å². The highest BCUT2D eigenvalue weighted by Crippen LogP contribution is 2.24. The van der Waals surface area contributed by atoms with Crippen molar-refractivity contribution in [3.8, 4) is 0 Å². The SMILES string of the molecule is Nc1cccc(CCC(=O)NCC2CCC(O)C2)c1. The molecule has 0 bridgehead atoms. The molecule has 1 aliphatic carbocycles. The number of nitrogens with one attached hydrogen (secondary N) is 1. The fourth-order valence-electron chi connectivity index (χ4n) is 2.59. The maximum atomic E-state index is 11.7. The molecule has 4 heteroatoms. The van der Waals surface area contributed by atoms with Crippen LogP contribution in [0.5, 0.6) is 0 Å². The summed E-state index contributed by atoms with van der Waals surface area (Å²) in [7, 11) is 0. The van der Waals surface area contributed by atoms with E-state index in [1.54, 1.807) is 0 Å². The van der Waals surface area contributed by atoms with Gasteiger partial charge < -0.3 is 16.2 Å². The van der Waals surface area contributed by atoms with Crippen molar-refractivity contribution in [3.63, 3.8) is 0 Å². The largest absolute Gasteiger partial charge is 0.399 e. The van der Waals surface area contributed by atoms with Gasteiger partial charge in [-0.2, -0.15) is 0 Å². The molecule has 1 saturated carbocycles. The molecule has 0 radical (unpaired) electrons. The summed E-state index contributed by atoms with van der Waals surface area (Å²) in [6, 6.07) is 7.63. The maximum Gasteiger partial charge on any atom is 0.220 e. The lowest BCUT2D eigenvalue weighted by molar-refractivity contribution is -0.121. The van der Waals surface area contributed by atoms with Crippen molar-refractivity contribution in [2.45, 2.75) is 38.2 Å². The summed E-state index contributed by atoms with van der Waals surface area (Å²) in [5, 5.41) is 12.4. The average Bonchev–Trinajstić information content (AvgIpc) is 2.80. The summed E-state index contributed by atoms with van der Waals surface area (Å²) < 4.78 is 0. The van der Waals surface area contributed by atoms with E-state index in [-0.39, 0.29) is 12.0 Å². The van der Waals surface area contributed by atoms with Crippen molar-refractivity contribution in [2.24, 2.45) is 5.92 Å². The van der Waals surface area contributed by atoms with Crippen molar-refractivity contribution < 1.29 is 9.90 Å². The topological polar surface area (TPSA) is 75.4 Å². The highest BCUT2D eigenvalue weighted by atomic mass is 16.3. The number of benzene rings is 1. The van der Waals surface area contributed by atoms with Gasteiger partial charge in [0.05, 0.1) is 6.10 Å². The number of nitrogens with two attached hydrogens (primary N) is 1. The second-order valence-electron chi connectivity index (χ2n) is 5.38. The zero-order valence-electron chi connectivity index (χ0n) is 11.1. The van der Waals surface area contributed by atoms with Crippen LogP contribution >= 0.6 is 0 Å². The van der Waals surface area contributed by atoms with E-state index in [9.17, 15) is 9.90 Å². The molecule has 0 heterocycles. The second-order valence-corrected chi connectivity index (χ2v) is 5.38. The highest BCUT2D eigenvalue weighted by Gasteiger charge is 2.22. The second kappa shape index (κ2) is 6.57. The Morgan fingerprint density at radius 1 is 1.42 bits per heavy atom. The van der Waals surface area contributed by atoms with Crippen LogP contribution in [0.1, 0.15) is 31.2 Å². The number of nitrogen functional groups attached to an aromatic ring is 1. The molecule has 0 spiro atoms. The summed E-state index contributed by atoms with van der Waals surface area (Å²) in [5.74, 6) is 0.509. The number of amides is 1. The standard InChI is InChI=1S/C15H22N2O2/c16-13-3-1-2-11(8-13)5-7-15(19)17-10-12-4-6-14(18)9-12/h1-3,8,12,14,18H,4-7,9-10,16H2,(H,17,19). The minimum atomic E-state index is -0.172. The smallest absolute Gasteiger partial charge is 0.220 e. The molecule has 0 saturated heterocycles. The summed E-state index contributed by atoms with van der Waals surface area (Å²) in [6.07, 6.45) is 3.72. The third-order valence-corrected chi connectivity index (χ3v) is 3.69. The fraction of sp³-hybridized carbons (Fsp3) is 0.533. The molecule has 19 heavy (non-hydrogen) atoms. The van der Waals surface area contributed by atoms with Gasteiger partial charge in [0.25, 0.3) is 0 Å². The van der Waals surface area contributed by atoms with Crippen LogP contribution in [0.25, 0.3) is 0 Å². The predicted molar refractivity (Wildman–Crippen MR) is 75.5 cm³/mol. The lowest BCUT2D eigenvalue weighted by Crippen LogP contribution is -2.28. The van der Waals surface area contributed by atoms with Gasteiger partial charge in [-0.1, -0.05) is 12.1 Å². The van der Waals surface area contributed by atoms with Crippen LogP contribution in [0.3, 0.4) is 0 Å². The van der Waals surface area contributed by atoms with Gasteiger partial charge in [-0.3, -0.25) is 4.79 Å². The first-order valence-corrected chi connectivity index (χ1v) is 6.92. The van der Waals surface area contributed by atoms with Gasteiger partial charge >= 0.3 is 0 Å². The Labute approximate surface area is 114 Å². The van der Waals surface area contributed by atoms with Crippen molar-refractivity contribution in [1.82, 2.24) is 5.32 Å². The quantitative estimate of drug-likeness (QED) is 0.704. The maximum absolute atomic E-state index is 11.7. The first-order chi connectivity index (χ1) is 9.13. The predicted octanol–water partition coefficient (Wildman–Crippen LogP) is 1.48. The van der Waals surface area contributed by atoms with Crippen LogP contribution < -0.4 is 11.1 Å². The third-order valence-electron chi connectivity index (χ3n) is 3.69. The molecule has 4 N–H and O–H groups in total. The molecule has 2 unspecified atom stereocenters. The van der Waals surface area contributed by atoms with Gasteiger partial charge in [0, 0.05) is 18.7 Å². The number of carbonyl (C=O) groups is 1. The number of aliphatic hydroxyl groups is 1. The Morgan fingerprint density at radius 2 is 2.26 bits per heavy atom. The number of aliphatic hydroxyl groups excluding tert-OH is 1. The fourth-order valence-corrected chi connectivity index (χ4v) is 2.59. The molecule has 0 aromatic heterocycles. The van der Waals surface area contributed by atoms with Crippen LogP contribution in [0.15, 0.2) is 24.3 Å². The molecule has 104 valence electrons. The number of aryl methyl sites for hydroxylation is 1. The number of rotatable bonds is 5. The monoisotopic (exact) mass is 262 g/mol. The van der Waals surface area contributed by atoms with E-state index in [0.717, 1.165) is 30.5 Å². The number of hydrogen-bond acceptors (Lipinski definition) is 3. The van der Waals surface area contributed by atoms with E-state index in [1.807, 2.05) is 24.3 Å². The molecule has 1 aromatic rings. The van der Waals surface area contributed by atoms with Crippen molar-refractivity contribution in [1.29, 1.82) is 0 Å². The van der Waals surface area contributed by atoms with Gasteiger partial charge in [-0.15, -0.1) is 0 Å². The van der Waals surface area contributed by atoms with Crippen LogP contribution in [0, 0.1) is 5.92 Å². The first kappa shape index (κ1) is 13.9. The van der Waals surface area contributed by atoms with Gasteiger partial charge in [-0.05, 0) is 49.3 Å². The van der Waals surface area contributed by atoms with Gasteiger partial charge in [0.15, 0.2) is 0 Å². The minimum Gasteiger partial charge on any atom is -0.399 e. The van der Waals surface area contributed by atoms with Crippen molar-refractivity contribution in [3.05, 3.63) is 29.8 Å². The first-order valence-electron chi connectivity index (χ1n) is 6.92. The van der Waals surface area contributed by atoms with E-state index in [1.165, 1.54) is 0 Å². The van der Waals surface area contributed by atoms with E-state index < -0.39 is 0 Å². The molecule has 0 aliphatic heterocycles. The summed E-state index contributed by atoms with van der Waals surface area (Å²) in [4.78, 5) is 11.7. The third kappa shape index (κ3) is 4.56. The molecule has 1 fully saturated rings. The molecular weight excluding hydrogens is 240 g/mol. The van der Waals surface area contributed by atoms with Crippen LogP contribution in [-0.2, 0) is 11.2 Å². The van der Waals surface area contributed by atoms with E-state index in [2.05, 4.69) is 5.32 Å². The Kier molecular flexibility index (Phi) is 4.80. The molecule has 4 nitrogen and oxygen atoms in total.